The average Bonchev–Trinajstić information content (AvgIpc) is 1.98. The Morgan fingerprint density at radius 2 is 1.17 bits per heavy atom. The first-order valence-corrected chi connectivity index (χ1v) is 3.22. The van der Waals surface area contributed by atoms with E-state index in [1.54, 1.807) is 0 Å². The predicted molar refractivity (Wildman–Crippen MR) is 36.4 cm³/mol. The van der Waals surface area contributed by atoms with Crippen LogP contribution in [0.1, 0.15) is 0 Å². The third kappa shape index (κ3) is 2.48. The lowest BCUT2D eigenvalue weighted by atomic mass is 9.94. The summed E-state index contributed by atoms with van der Waals surface area (Å²) in [5.41, 5.74) is 0. The maximum atomic E-state index is 10.3. The van der Waals surface area contributed by atoms with Crippen LogP contribution < -0.4 is 0 Å². The van der Waals surface area contributed by atoms with Gasteiger partial charge in [-0.1, -0.05) is 0 Å². The second kappa shape index (κ2) is 4.68. The van der Waals surface area contributed by atoms with Crippen molar-refractivity contribution in [2.75, 3.05) is 13.2 Å². The Bertz CT molecular complexity index is 157. The molecule has 0 fully saturated rings. The van der Waals surface area contributed by atoms with Crippen LogP contribution in [0.5, 0.6) is 0 Å². The van der Waals surface area contributed by atoms with E-state index >= 15 is 0 Å². The summed E-state index contributed by atoms with van der Waals surface area (Å²) in [6.07, 6.45) is 0. The third-order valence-corrected chi connectivity index (χ3v) is 1.51. The number of rotatable bonds is 5. The molecule has 0 aliphatic carbocycles. The molecule has 12 heavy (non-hydrogen) atoms. The van der Waals surface area contributed by atoms with Gasteiger partial charge in [0.05, 0.1) is 25.0 Å². The van der Waals surface area contributed by atoms with Crippen molar-refractivity contribution < 1.29 is 30.0 Å². The van der Waals surface area contributed by atoms with Gasteiger partial charge in [0.1, 0.15) is 0 Å². The predicted octanol–water partition coefficient (Wildman–Crippen LogP) is -1.63. The summed E-state index contributed by atoms with van der Waals surface area (Å²) in [6, 6.07) is 0. The second-order valence-electron chi connectivity index (χ2n) is 2.25. The van der Waals surface area contributed by atoms with Gasteiger partial charge in [-0.2, -0.15) is 0 Å². The largest absolute Gasteiger partial charge is 0.481 e. The molecule has 0 aromatic rings. The van der Waals surface area contributed by atoms with E-state index in [9.17, 15) is 9.59 Å². The molecule has 0 aliphatic rings. The van der Waals surface area contributed by atoms with E-state index in [2.05, 4.69) is 0 Å². The number of carboxylic acids is 2. The monoisotopic (exact) mass is 178 g/mol. The third-order valence-electron chi connectivity index (χ3n) is 1.51. The van der Waals surface area contributed by atoms with Gasteiger partial charge >= 0.3 is 11.9 Å². The molecule has 2 atom stereocenters. The highest BCUT2D eigenvalue weighted by Crippen LogP contribution is 2.11. The fourth-order valence-electron chi connectivity index (χ4n) is 0.755. The Labute approximate surface area is 68.1 Å². The van der Waals surface area contributed by atoms with Gasteiger partial charge in [-0.25, -0.2) is 0 Å². The van der Waals surface area contributed by atoms with Gasteiger partial charge in [-0.3, -0.25) is 9.59 Å². The molecule has 6 heteroatoms. The molecule has 0 saturated heterocycles. The molecular formula is C6H10O6. The van der Waals surface area contributed by atoms with Gasteiger partial charge in [0.25, 0.3) is 0 Å². The Balaban J connectivity index is 4.44. The van der Waals surface area contributed by atoms with Crippen LogP contribution >= 0.6 is 0 Å². The molecule has 0 rings (SSSR count). The summed E-state index contributed by atoms with van der Waals surface area (Å²) in [5, 5.41) is 33.8. The summed E-state index contributed by atoms with van der Waals surface area (Å²) in [6.45, 7) is -1.60. The molecule has 0 saturated carbocycles. The van der Waals surface area contributed by atoms with Crippen LogP contribution in [0, 0.1) is 11.8 Å². The van der Waals surface area contributed by atoms with Crippen molar-refractivity contribution in [3.8, 4) is 0 Å². The normalized spacial score (nSPS) is 15.2. The number of aliphatic hydroxyl groups excluding tert-OH is 2. The number of hydrogen-bond donors (Lipinski definition) is 4. The molecule has 0 bridgehead atoms. The lowest BCUT2D eigenvalue weighted by molar-refractivity contribution is -0.157. The van der Waals surface area contributed by atoms with Crippen LogP contribution in [-0.4, -0.2) is 45.6 Å². The van der Waals surface area contributed by atoms with Crippen molar-refractivity contribution in [1.29, 1.82) is 0 Å². The summed E-state index contributed by atoms with van der Waals surface area (Å²) in [4.78, 5) is 20.6. The van der Waals surface area contributed by atoms with Gasteiger partial charge in [0, 0.05) is 0 Å². The number of carboxylic acid groups (broad SMARTS) is 2. The lowest BCUT2D eigenvalue weighted by Crippen LogP contribution is -2.34. The van der Waals surface area contributed by atoms with Gasteiger partial charge in [0.15, 0.2) is 0 Å². The molecular weight excluding hydrogens is 168 g/mol. The van der Waals surface area contributed by atoms with E-state index < -0.39 is 37.0 Å². The summed E-state index contributed by atoms with van der Waals surface area (Å²) in [7, 11) is 0. The Kier molecular flexibility index (Phi) is 4.24. The molecule has 0 aromatic carbocycles. The fourth-order valence-corrected chi connectivity index (χ4v) is 0.755. The topological polar surface area (TPSA) is 115 Å². The highest BCUT2D eigenvalue weighted by atomic mass is 16.4. The first kappa shape index (κ1) is 10.9. The lowest BCUT2D eigenvalue weighted by Gasteiger charge is -2.14. The van der Waals surface area contributed by atoms with Crippen molar-refractivity contribution in [1.82, 2.24) is 0 Å². The van der Waals surface area contributed by atoms with Gasteiger partial charge in [0.2, 0.25) is 0 Å². The average molecular weight is 178 g/mol. The number of aliphatic carboxylic acids is 2. The maximum Gasteiger partial charge on any atom is 0.309 e. The molecule has 0 heterocycles. The minimum absolute atomic E-state index is 0.799. The van der Waals surface area contributed by atoms with Crippen molar-refractivity contribution in [2.24, 2.45) is 11.8 Å². The quantitative estimate of drug-likeness (QED) is 0.402. The number of hydrogen-bond acceptors (Lipinski definition) is 4. The minimum atomic E-state index is -1.45. The number of carbonyl (C=O) groups is 2. The number of aliphatic hydroxyl groups is 2. The molecule has 4 N–H and O–H groups in total. The van der Waals surface area contributed by atoms with E-state index in [1.807, 2.05) is 0 Å². The molecule has 0 amide bonds. The van der Waals surface area contributed by atoms with Crippen LogP contribution in [-0.2, 0) is 9.59 Å². The maximum absolute atomic E-state index is 10.3. The fraction of sp³-hybridized carbons (Fsp3) is 0.667. The molecule has 6 nitrogen and oxygen atoms in total. The van der Waals surface area contributed by atoms with Gasteiger partial charge in [-0.15, -0.1) is 0 Å². The molecule has 0 aromatic heterocycles. The Hall–Kier alpha value is -1.14. The van der Waals surface area contributed by atoms with Crippen LogP contribution in [0.3, 0.4) is 0 Å². The van der Waals surface area contributed by atoms with Crippen molar-refractivity contribution in [3.05, 3.63) is 0 Å². The molecule has 0 unspecified atom stereocenters. The molecule has 0 spiro atoms. The minimum Gasteiger partial charge on any atom is -0.481 e. The molecule has 70 valence electrons. The van der Waals surface area contributed by atoms with Crippen LogP contribution in [0.4, 0.5) is 0 Å². The zero-order chi connectivity index (χ0) is 9.72. The van der Waals surface area contributed by atoms with Crippen molar-refractivity contribution in [2.45, 2.75) is 0 Å². The van der Waals surface area contributed by atoms with Gasteiger partial charge in [-0.05, 0) is 0 Å². The zero-order valence-electron chi connectivity index (χ0n) is 6.17. The Morgan fingerprint density at radius 3 is 1.25 bits per heavy atom. The van der Waals surface area contributed by atoms with Crippen LogP contribution in [0.15, 0.2) is 0 Å². The van der Waals surface area contributed by atoms with Gasteiger partial charge < -0.3 is 20.4 Å². The second-order valence-corrected chi connectivity index (χ2v) is 2.25. The van der Waals surface area contributed by atoms with Crippen LogP contribution in [0.2, 0.25) is 0 Å². The van der Waals surface area contributed by atoms with E-state index in [-0.39, 0.29) is 0 Å². The van der Waals surface area contributed by atoms with Crippen LogP contribution in [0.25, 0.3) is 0 Å². The first-order chi connectivity index (χ1) is 5.54. The van der Waals surface area contributed by atoms with Crippen molar-refractivity contribution >= 4 is 11.9 Å². The van der Waals surface area contributed by atoms with E-state index in [4.69, 9.17) is 20.4 Å². The van der Waals surface area contributed by atoms with Crippen molar-refractivity contribution in [3.63, 3.8) is 0 Å². The zero-order valence-corrected chi connectivity index (χ0v) is 6.17. The first-order valence-electron chi connectivity index (χ1n) is 3.22. The standard InChI is InChI=1S/C6H10O6/c7-1-3(5(9)10)4(2-8)6(11)12/h3-4,7-8H,1-2H2,(H,9,10)(H,11,12)/t3-,4-/m1/s1. The molecule has 0 aliphatic heterocycles. The Morgan fingerprint density at radius 1 is 0.917 bits per heavy atom. The highest BCUT2D eigenvalue weighted by molar-refractivity contribution is 5.80. The van der Waals surface area contributed by atoms with E-state index in [1.165, 1.54) is 0 Å². The van der Waals surface area contributed by atoms with E-state index in [0.29, 0.717) is 0 Å². The summed E-state index contributed by atoms with van der Waals surface area (Å²) < 4.78 is 0. The smallest absolute Gasteiger partial charge is 0.309 e. The molecule has 0 radical (unpaired) electrons. The SMILES string of the molecule is O=C(O)[C@H](CO)[C@@H](CO)C(=O)O. The summed E-state index contributed by atoms with van der Waals surface area (Å²) in [5.74, 6) is -5.77. The summed E-state index contributed by atoms with van der Waals surface area (Å²) >= 11 is 0. The highest BCUT2D eigenvalue weighted by Gasteiger charge is 2.32. The van der Waals surface area contributed by atoms with E-state index in [0.717, 1.165) is 0 Å².